The molecule has 1 saturated carbocycles. The largest absolute Gasteiger partial charge is 0.459 e. The molecule has 1 aliphatic carbocycles. The fourth-order valence-corrected chi connectivity index (χ4v) is 3.36. The molecule has 0 atom stereocenters. The molecule has 0 unspecified atom stereocenters. The molecule has 24 heavy (non-hydrogen) atoms. The van der Waals surface area contributed by atoms with Crippen molar-refractivity contribution < 1.29 is 9.53 Å². The van der Waals surface area contributed by atoms with Gasteiger partial charge in [-0.3, -0.25) is 4.79 Å². The predicted molar refractivity (Wildman–Crippen MR) is 98.1 cm³/mol. The van der Waals surface area contributed by atoms with E-state index in [2.05, 4.69) is 41.9 Å². The van der Waals surface area contributed by atoms with Crippen molar-refractivity contribution in [2.45, 2.75) is 70.6 Å². The van der Waals surface area contributed by atoms with Crippen LogP contribution in [0.25, 0.3) is 0 Å². The van der Waals surface area contributed by atoms with Crippen LogP contribution in [0.1, 0.15) is 63.5 Å². The Labute approximate surface area is 146 Å². The van der Waals surface area contributed by atoms with Crippen LogP contribution in [0.4, 0.5) is 0 Å². The van der Waals surface area contributed by atoms with E-state index in [0.29, 0.717) is 18.5 Å². The third-order valence-electron chi connectivity index (χ3n) is 4.58. The predicted octanol–water partition coefficient (Wildman–Crippen LogP) is 3.36. The molecular formula is C20H32N2O2. The van der Waals surface area contributed by atoms with Gasteiger partial charge in [0.2, 0.25) is 0 Å². The molecule has 134 valence electrons. The van der Waals surface area contributed by atoms with Crippen molar-refractivity contribution in [3.05, 3.63) is 35.4 Å². The molecule has 2 rings (SSSR count). The van der Waals surface area contributed by atoms with Gasteiger partial charge in [-0.25, -0.2) is 0 Å². The van der Waals surface area contributed by atoms with E-state index in [1.54, 1.807) is 0 Å². The van der Waals surface area contributed by atoms with Crippen molar-refractivity contribution in [1.29, 1.82) is 0 Å². The number of rotatable bonds is 6. The lowest BCUT2D eigenvalue weighted by Gasteiger charge is -2.28. The summed E-state index contributed by atoms with van der Waals surface area (Å²) < 4.78 is 5.31. The van der Waals surface area contributed by atoms with Crippen LogP contribution in [0.15, 0.2) is 24.3 Å². The van der Waals surface area contributed by atoms with Gasteiger partial charge in [-0.05, 0) is 70.5 Å². The zero-order valence-corrected chi connectivity index (χ0v) is 15.5. The topological polar surface area (TPSA) is 50.4 Å². The Balaban J connectivity index is 1.82. The van der Waals surface area contributed by atoms with E-state index in [-0.39, 0.29) is 12.5 Å². The lowest BCUT2D eigenvalue weighted by Crippen LogP contribution is -2.31. The normalized spacial score (nSPS) is 21.5. The lowest BCUT2D eigenvalue weighted by atomic mass is 9.81. The van der Waals surface area contributed by atoms with Crippen molar-refractivity contribution in [2.24, 2.45) is 0 Å². The van der Waals surface area contributed by atoms with Gasteiger partial charge >= 0.3 is 5.97 Å². The molecule has 4 nitrogen and oxygen atoms in total. The summed E-state index contributed by atoms with van der Waals surface area (Å²) in [5, 5.41) is 6.57. The molecule has 4 heteroatoms. The highest BCUT2D eigenvalue weighted by atomic mass is 16.6. The molecule has 1 aromatic rings. The van der Waals surface area contributed by atoms with Gasteiger partial charge in [-0.1, -0.05) is 24.3 Å². The zero-order chi connectivity index (χ0) is 17.6. The first-order valence-electron chi connectivity index (χ1n) is 9.06. The summed E-state index contributed by atoms with van der Waals surface area (Å²) in [6.45, 7) is 6.60. The fourth-order valence-electron chi connectivity index (χ4n) is 3.36. The fraction of sp³-hybridized carbons (Fsp3) is 0.650. The summed E-state index contributed by atoms with van der Waals surface area (Å²) in [5.74, 6) is 0.462. The van der Waals surface area contributed by atoms with Crippen LogP contribution in [-0.4, -0.2) is 31.2 Å². The summed E-state index contributed by atoms with van der Waals surface area (Å²) in [6.07, 6.45) is 5.01. The van der Waals surface area contributed by atoms with Crippen LogP contribution >= 0.6 is 0 Å². The molecule has 0 amide bonds. The second-order valence-corrected chi connectivity index (χ2v) is 7.77. The van der Waals surface area contributed by atoms with E-state index >= 15 is 0 Å². The lowest BCUT2D eigenvalue weighted by molar-refractivity contribution is -0.153. The van der Waals surface area contributed by atoms with Gasteiger partial charge < -0.3 is 15.4 Å². The minimum atomic E-state index is -0.426. The van der Waals surface area contributed by atoms with Gasteiger partial charge in [0.15, 0.2) is 0 Å². The van der Waals surface area contributed by atoms with Gasteiger partial charge in [0.1, 0.15) is 5.60 Å². The number of nitrogens with one attached hydrogen (secondary N) is 2. The van der Waals surface area contributed by atoms with Crippen molar-refractivity contribution in [3.63, 3.8) is 0 Å². The average molecular weight is 332 g/mol. The van der Waals surface area contributed by atoms with Gasteiger partial charge in [0, 0.05) is 12.6 Å². The van der Waals surface area contributed by atoms with Gasteiger partial charge in [-0.2, -0.15) is 0 Å². The summed E-state index contributed by atoms with van der Waals surface area (Å²) >= 11 is 0. The summed E-state index contributed by atoms with van der Waals surface area (Å²) in [4.78, 5) is 11.7. The molecule has 0 radical (unpaired) electrons. The molecular weight excluding hydrogens is 300 g/mol. The number of ether oxygens (including phenoxy) is 1. The zero-order valence-electron chi connectivity index (χ0n) is 15.5. The second kappa shape index (κ2) is 8.63. The maximum absolute atomic E-state index is 11.7. The first-order valence-corrected chi connectivity index (χ1v) is 9.06. The maximum Gasteiger partial charge on any atom is 0.320 e. The minimum absolute atomic E-state index is 0.205. The SMILES string of the molecule is CNC1CCC(c2cccc(CNCC(=O)OC(C)(C)C)c2)CC1. The number of benzene rings is 1. The van der Waals surface area contributed by atoms with E-state index in [9.17, 15) is 4.79 Å². The van der Waals surface area contributed by atoms with Crippen molar-refractivity contribution in [1.82, 2.24) is 10.6 Å². The van der Waals surface area contributed by atoms with Crippen LogP contribution < -0.4 is 10.6 Å². The summed E-state index contributed by atoms with van der Waals surface area (Å²) in [6, 6.07) is 9.45. The van der Waals surface area contributed by atoms with Gasteiger partial charge in [0.25, 0.3) is 0 Å². The standard InChI is InChI=1S/C20H32N2O2/c1-20(2,3)24-19(23)14-22-13-15-6-5-7-17(12-15)16-8-10-18(21-4)11-9-16/h5-7,12,16,18,21-22H,8-11,13-14H2,1-4H3. The van der Waals surface area contributed by atoms with Crippen molar-refractivity contribution >= 4 is 5.97 Å². The quantitative estimate of drug-likeness (QED) is 0.784. The van der Waals surface area contributed by atoms with Crippen LogP contribution in [0.2, 0.25) is 0 Å². The Morgan fingerprint density at radius 2 is 1.92 bits per heavy atom. The summed E-state index contributed by atoms with van der Waals surface area (Å²) in [5.41, 5.74) is 2.23. The number of carbonyl (C=O) groups excluding carboxylic acids is 1. The van der Waals surface area contributed by atoms with Crippen LogP contribution in [0.5, 0.6) is 0 Å². The third kappa shape index (κ3) is 6.25. The van der Waals surface area contributed by atoms with Gasteiger partial charge in [-0.15, -0.1) is 0 Å². The monoisotopic (exact) mass is 332 g/mol. The Morgan fingerprint density at radius 3 is 2.54 bits per heavy atom. The Kier molecular flexibility index (Phi) is 6.81. The Bertz CT molecular complexity index is 529. The molecule has 0 aliphatic heterocycles. The first-order chi connectivity index (χ1) is 11.4. The highest BCUT2D eigenvalue weighted by Gasteiger charge is 2.21. The molecule has 1 aliphatic rings. The molecule has 0 bridgehead atoms. The third-order valence-corrected chi connectivity index (χ3v) is 4.58. The highest BCUT2D eigenvalue weighted by molar-refractivity contribution is 5.72. The Hall–Kier alpha value is -1.39. The van der Waals surface area contributed by atoms with Gasteiger partial charge in [0.05, 0.1) is 6.54 Å². The molecule has 0 aromatic heterocycles. The van der Waals surface area contributed by atoms with Crippen molar-refractivity contribution in [3.8, 4) is 0 Å². The minimum Gasteiger partial charge on any atom is -0.459 e. The van der Waals surface area contributed by atoms with Crippen molar-refractivity contribution in [2.75, 3.05) is 13.6 Å². The van der Waals surface area contributed by atoms with E-state index in [1.165, 1.54) is 36.8 Å². The van der Waals surface area contributed by atoms with E-state index < -0.39 is 5.60 Å². The molecule has 2 N–H and O–H groups in total. The smallest absolute Gasteiger partial charge is 0.320 e. The molecule has 0 spiro atoms. The van der Waals surface area contributed by atoms with Crippen LogP contribution in [-0.2, 0) is 16.1 Å². The van der Waals surface area contributed by atoms with E-state index in [4.69, 9.17) is 4.74 Å². The first kappa shape index (κ1) is 18.9. The maximum atomic E-state index is 11.7. The number of carbonyl (C=O) groups is 1. The Morgan fingerprint density at radius 1 is 1.21 bits per heavy atom. The molecule has 0 saturated heterocycles. The van der Waals surface area contributed by atoms with E-state index in [1.807, 2.05) is 20.8 Å². The molecule has 1 fully saturated rings. The summed E-state index contributed by atoms with van der Waals surface area (Å²) in [7, 11) is 2.06. The highest BCUT2D eigenvalue weighted by Crippen LogP contribution is 2.33. The second-order valence-electron chi connectivity index (χ2n) is 7.77. The van der Waals surface area contributed by atoms with Crippen LogP contribution in [0, 0.1) is 0 Å². The van der Waals surface area contributed by atoms with Crippen LogP contribution in [0.3, 0.4) is 0 Å². The average Bonchev–Trinajstić information content (AvgIpc) is 2.53. The number of hydrogen-bond donors (Lipinski definition) is 2. The molecule has 0 heterocycles. The number of esters is 1. The molecule has 1 aromatic carbocycles. The number of hydrogen-bond acceptors (Lipinski definition) is 4. The van der Waals surface area contributed by atoms with E-state index in [0.717, 1.165) is 0 Å².